The first-order valence-corrected chi connectivity index (χ1v) is 6.73. The van der Waals surface area contributed by atoms with Crippen LogP contribution in [-0.2, 0) is 0 Å². The zero-order chi connectivity index (χ0) is 12.5. The Bertz CT molecular complexity index is 445. The molecule has 1 aromatic rings. The van der Waals surface area contributed by atoms with Crippen LogP contribution in [0.4, 0.5) is 0 Å². The van der Waals surface area contributed by atoms with Crippen molar-refractivity contribution in [3.8, 4) is 0 Å². The lowest BCUT2D eigenvalue weighted by atomic mass is 10.0. The van der Waals surface area contributed by atoms with Crippen LogP contribution >= 0.6 is 12.4 Å². The van der Waals surface area contributed by atoms with Gasteiger partial charge < -0.3 is 15.2 Å². The maximum Gasteiger partial charge on any atom is 0.273 e. The highest BCUT2D eigenvalue weighted by Crippen LogP contribution is 2.40. The number of nitrogens with one attached hydrogen (secondary N) is 2. The van der Waals surface area contributed by atoms with E-state index in [1.54, 1.807) is 6.07 Å². The van der Waals surface area contributed by atoms with E-state index in [0.29, 0.717) is 17.7 Å². The predicted octanol–water partition coefficient (Wildman–Crippen LogP) is 1.84. The summed E-state index contributed by atoms with van der Waals surface area (Å²) in [5.41, 5.74) is 0.420. The number of halogens is 1. The molecule has 0 bridgehead atoms. The molecule has 0 spiro atoms. The van der Waals surface area contributed by atoms with Crippen molar-refractivity contribution >= 4 is 18.3 Å². The quantitative estimate of drug-likeness (QED) is 0.889. The number of hydrogen-bond acceptors (Lipinski definition) is 4. The molecule has 1 saturated heterocycles. The van der Waals surface area contributed by atoms with E-state index in [4.69, 9.17) is 4.52 Å². The average Bonchev–Trinajstić information content (AvgIpc) is 3.07. The monoisotopic (exact) mass is 285 g/mol. The number of nitrogens with zero attached hydrogens (tertiary/aromatic N) is 1. The summed E-state index contributed by atoms with van der Waals surface area (Å²) in [7, 11) is 0. The molecule has 19 heavy (non-hydrogen) atoms. The third kappa shape index (κ3) is 3.48. The minimum Gasteiger partial charge on any atom is -0.360 e. The van der Waals surface area contributed by atoms with E-state index >= 15 is 0 Å². The standard InChI is InChI=1S/C13H19N3O2.ClH/c1-8-6-10(4-5-14-8)15-13(17)11-7-12(18-16-11)9-2-3-9;/h7-10,14H,2-6H2,1H3,(H,15,17);1H. The second-order valence-electron chi connectivity index (χ2n) is 5.44. The number of carbonyl (C=O) groups is 1. The summed E-state index contributed by atoms with van der Waals surface area (Å²) in [5, 5.41) is 10.3. The summed E-state index contributed by atoms with van der Waals surface area (Å²) >= 11 is 0. The zero-order valence-electron chi connectivity index (χ0n) is 11.0. The predicted molar refractivity (Wildman–Crippen MR) is 73.7 cm³/mol. The molecule has 2 atom stereocenters. The summed E-state index contributed by atoms with van der Waals surface area (Å²) in [6.07, 6.45) is 4.26. The van der Waals surface area contributed by atoms with Crippen LogP contribution in [0.15, 0.2) is 10.6 Å². The van der Waals surface area contributed by atoms with Gasteiger partial charge in [-0.15, -0.1) is 12.4 Å². The van der Waals surface area contributed by atoms with Crippen molar-refractivity contribution in [1.82, 2.24) is 15.8 Å². The van der Waals surface area contributed by atoms with E-state index in [-0.39, 0.29) is 24.4 Å². The second-order valence-corrected chi connectivity index (χ2v) is 5.44. The number of rotatable bonds is 3. The Balaban J connectivity index is 0.00000133. The van der Waals surface area contributed by atoms with E-state index in [9.17, 15) is 4.79 Å². The van der Waals surface area contributed by atoms with Gasteiger partial charge in [-0.2, -0.15) is 0 Å². The van der Waals surface area contributed by atoms with Crippen LogP contribution in [0.25, 0.3) is 0 Å². The smallest absolute Gasteiger partial charge is 0.273 e. The molecule has 1 amide bonds. The van der Waals surface area contributed by atoms with Crippen LogP contribution < -0.4 is 10.6 Å². The fraction of sp³-hybridized carbons (Fsp3) is 0.692. The van der Waals surface area contributed by atoms with Gasteiger partial charge in [0, 0.05) is 24.1 Å². The first-order valence-electron chi connectivity index (χ1n) is 6.73. The van der Waals surface area contributed by atoms with Crippen molar-refractivity contribution in [2.75, 3.05) is 6.54 Å². The molecular formula is C13H20ClN3O2. The fourth-order valence-electron chi connectivity index (χ4n) is 2.48. The molecule has 2 heterocycles. The molecule has 0 aromatic carbocycles. The number of amides is 1. The van der Waals surface area contributed by atoms with Crippen LogP contribution in [0.5, 0.6) is 0 Å². The number of hydrogen-bond donors (Lipinski definition) is 2. The van der Waals surface area contributed by atoms with Gasteiger partial charge in [-0.3, -0.25) is 4.79 Å². The molecule has 3 rings (SSSR count). The lowest BCUT2D eigenvalue weighted by Gasteiger charge is -2.28. The second kappa shape index (κ2) is 5.92. The molecule has 2 unspecified atom stereocenters. The van der Waals surface area contributed by atoms with Crippen LogP contribution in [0.2, 0.25) is 0 Å². The lowest BCUT2D eigenvalue weighted by molar-refractivity contribution is 0.0916. The van der Waals surface area contributed by atoms with Gasteiger partial charge in [-0.05, 0) is 39.2 Å². The van der Waals surface area contributed by atoms with Gasteiger partial charge in [-0.1, -0.05) is 5.16 Å². The summed E-state index contributed by atoms with van der Waals surface area (Å²) in [4.78, 5) is 12.0. The third-order valence-electron chi connectivity index (χ3n) is 3.70. The van der Waals surface area contributed by atoms with Crippen molar-refractivity contribution in [2.24, 2.45) is 0 Å². The molecule has 0 radical (unpaired) electrons. The number of piperidine rings is 1. The molecule has 106 valence electrons. The molecule has 5 nitrogen and oxygen atoms in total. The van der Waals surface area contributed by atoms with Crippen LogP contribution in [-0.4, -0.2) is 29.7 Å². The van der Waals surface area contributed by atoms with Gasteiger partial charge in [0.2, 0.25) is 0 Å². The molecule has 2 N–H and O–H groups in total. The van der Waals surface area contributed by atoms with Gasteiger partial charge in [-0.25, -0.2) is 0 Å². The van der Waals surface area contributed by atoms with E-state index < -0.39 is 0 Å². The normalized spacial score (nSPS) is 26.6. The third-order valence-corrected chi connectivity index (χ3v) is 3.70. The SMILES string of the molecule is CC1CC(NC(=O)c2cc(C3CC3)on2)CCN1.Cl. The molecule has 6 heteroatoms. The Morgan fingerprint density at radius 3 is 2.95 bits per heavy atom. The Kier molecular flexibility index (Phi) is 4.47. The zero-order valence-corrected chi connectivity index (χ0v) is 11.8. The van der Waals surface area contributed by atoms with Crippen LogP contribution in [0, 0.1) is 0 Å². The molecule has 1 aliphatic carbocycles. The molecule has 1 aromatic heterocycles. The van der Waals surface area contributed by atoms with E-state index in [1.807, 2.05) is 0 Å². The molecule has 1 aliphatic heterocycles. The van der Waals surface area contributed by atoms with E-state index in [0.717, 1.165) is 38.0 Å². The minimum absolute atomic E-state index is 0. The van der Waals surface area contributed by atoms with Gasteiger partial charge in [0.15, 0.2) is 5.69 Å². The van der Waals surface area contributed by atoms with Crippen molar-refractivity contribution < 1.29 is 9.32 Å². The van der Waals surface area contributed by atoms with Crippen molar-refractivity contribution in [2.45, 2.75) is 50.6 Å². The van der Waals surface area contributed by atoms with E-state index in [1.165, 1.54) is 0 Å². The minimum atomic E-state index is -0.107. The maximum atomic E-state index is 12.0. The number of carbonyl (C=O) groups excluding carboxylic acids is 1. The highest BCUT2D eigenvalue weighted by atomic mass is 35.5. The summed E-state index contributed by atoms with van der Waals surface area (Å²) in [6, 6.07) is 2.50. The maximum absolute atomic E-state index is 12.0. The summed E-state index contributed by atoms with van der Waals surface area (Å²) in [5.74, 6) is 1.25. The highest BCUT2D eigenvalue weighted by Gasteiger charge is 2.29. The van der Waals surface area contributed by atoms with E-state index in [2.05, 4.69) is 22.7 Å². The first-order chi connectivity index (χ1) is 8.72. The fourth-order valence-corrected chi connectivity index (χ4v) is 2.48. The molecular weight excluding hydrogens is 266 g/mol. The molecule has 2 aliphatic rings. The van der Waals surface area contributed by atoms with Crippen molar-refractivity contribution in [3.05, 3.63) is 17.5 Å². The van der Waals surface area contributed by atoms with Gasteiger partial charge in [0.1, 0.15) is 5.76 Å². The van der Waals surface area contributed by atoms with Gasteiger partial charge >= 0.3 is 0 Å². The van der Waals surface area contributed by atoms with Crippen LogP contribution in [0.3, 0.4) is 0 Å². The Hall–Kier alpha value is -1.07. The average molecular weight is 286 g/mol. The van der Waals surface area contributed by atoms with Gasteiger partial charge in [0.05, 0.1) is 0 Å². The number of aromatic nitrogens is 1. The topological polar surface area (TPSA) is 67.2 Å². The molecule has 2 fully saturated rings. The van der Waals surface area contributed by atoms with Crippen molar-refractivity contribution in [1.29, 1.82) is 0 Å². The summed E-state index contributed by atoms with van der Waals surface area (Å²) < 4.78 is 5.20. The lowest BCUT2D eigenvalue weighted by Crippen LogP contribution is -2.46. The Morgan fingerprint density at radius 2 is 2.26 bits per heavy atom. The first kappa shape index (κ1) is 14.3. The highest BCUT2D eigenvalue weighted by molar-refractivity contribution is 5.92. The van der Waals surface area contributed by atoms with Gasteiger partial charge in [0.25, 0.3) is 5.91 Å². The Labute approximate surface area is 118 Å². The van der Waals surface area contributed by atoms with Crippen LogP contribution in [0.1, 0.15) is 54.8 Å². The molecule has 1 saturated carbocycles. The van der Waals surface area contributed by atoms with Crippen molar-refractivity contribution in [3.63, 3.8) is 0 Å². The Morgan fingerprint density at radius 1 is 1.47 bits per heavy atom. The largest absolute Gasteiger partial charge is 0.360 e. The summed E-state index contributed by atoms with van der Waals surface area (Å²) in [6.45, 7) is 3.10.